The van der Waals surface area contributed by atoms with Gasteiger partial charge < -0.3 is 5.32 Å². The van der Waals surface area contributed by atoms with E-state index in [4.69, 9.17) is 0 Å². The van der Waals surface area contributed by atoms with Crippen molar-refractivity contribution in [2.75, 3.05) is 6.54 Å². The van der Waals surface area contributed by atoms with Crippen molar-refractivity contribution in [3.8, 4) is 0 Å². The second-order valence-electron chi connectivity index (χ2n) is 4.73. The van der Waals surface area contributed by atoms with Crippen molar-refractivity contribution in [2.45, 2.75) is 46.1 Å². The number of nitrogens with one attached hydrogen (secondary N) is 1. The zero-order valence-corrected chi connectivity index (χ0v) is 12.8. The van der Waals surface area contributed by atoms with Crippen LogP contribution in [0.5, 0.6) is 0 Å². The van der Waals surface area contributed by atoms with Crippen molar-refractivity contribution in [3.63, 3.8) is 0 Å². The average molecular weight is 304 g/mol. The molecule has 0 aromatic carbocycles. The van der Waals surface area contributed by atoms with Crippen molar-refractivity contribution in [1.29, 1.82) is 0 Å². The highest BCUT2D eigenvalue weighted by Gasteiger charge is 2.06. The van der Waals surface area contributed by atoms with Crippen molar-refractivity contribution < 1.29 is 0 Å². The Labute approximate surface area is 112 Å². The Morgan fingerprint density at radius 1 is 1.31 bits per heavy atom. The molecule has 0 aliphatic carbocycles. The predicted molar refractivity (Wildman–Crippen MR) is 77.3 cm³/mol. The van der Waals surface area contributed by atoms with Crippen LogP contribution >= 0.6 is 27.3 Å². The summed E-state index contributed by atoms with van der Waals surface area (Å²) >= 11 is 5.44. The van der Waals surface area contributed by atoms with Gasteiger partial charge in [0.2, 0.25) is 0 Å². The first kappa shape index (κ1) is 14.2. The molecule has 1 heterocycles. The van der Waals surface area contributed by atoms with Crippen molar-refractivity contribution >= 4 is 27.3 Å². The van der Waals surface area contributed by atoms with Crippen LogP contribution in [-0.4, -0.2) is 12.6 Å². The minimum Gasteiger partial charge on any atom is -0.315 e. The molecule has 0 bridgehead atoms. The molecule has 1 unspecified atom stereocenters. The molecule has 0 radical (unpaired) electrons. The maximum absolute atomic E-state index is 3.59. The number of rotatable bonds is 7. The van der Waals surface area contributed by atoms with Gasteiger partial charge in [-0.05, 0) is 59.1 Å². The van der Waals surface area contributed by atoms with Crippen LogP contribution < -0.4 is 5.32 Å². The van der Waals surface area contributed by atoms with E-state index >= 15 is 0 Å². The molecule has 3 heteroatoms. The summed E-state index contributed by atoms with van der Waals surface area (Å²) in [5.74, 6) is 0.806. The summed E-state index contributed by atoms with van der Waals surface area (Å²) in [6.45, 7) is 7.90. The largest absolute Gasteiger partial charge is 0.315 e. The van der Waals surface area contributed by atoms with Gasteiger partial charge in [-0.1, -0.05) is 20.8 Å². The molecule has 92 valence electrons. The molecule has 1 aromatic rings. The molecular formula is C13H22BrNS. The summed E-state index contributed by atoms with van der Waals surface area (Å²) < 4.78 is 1.28. The summed E-state index contributed by atoms with van der Waals surface area (Å²) in [7, 11) is 0. The average Bonchev–Trinajstić information content (AvgIpc) is 2.60. The van der Waals surface area contributed by atoms with Crippen LogP contribution in [0.1, 0.15) is 38.5 Å². The Morgan fingerprint density at radius 3 is 2.62 bits per heavy atom. The summed E-state index contributed by atoms with van der Waals surface area (Å²) in [5.41, 5.74) is 0. The van der Waals surface area contributed by atoms with E-state index in [-0.39, 0.29) is 0 Å². The minimum absolute atomic E-state index is 0.610. The van der Waals surface area contributed by atoms with Crippen molar-refractivity contribution in [1.82, 2.24) is 5.32 Å². The third-order valence-electron chi connectivity index (χ3n) is 2.74. The van der Waals surface area contributed by atoms with Crippen molar-refractivity contribution in [2.24, 2.45) is 5.92 Å². The SMILES string of the molecule is CC(CCNC(C)C)CCc1sccc1Br. The summed E-state index contributed by atoms with van der Waals surface area (Å²) in [4.78, 5) is 1.49. The maximum Gasteiger partial charge on any atom is 0.0314 e. The van der Waals surface area contributed by atoms with Gasteiger partial charge in [0.1, 0.15) is 0 Å². The first-order valence-corrected chi connectivity index (χ1v) is 7.72. The quantitative estimate of drug-likeness (QED) is 0.784. The zero-order chi connectivity index (χ0) is 12.0. The molecule has 1 aromatic heterocycles. The third-order valence-corrected chi connectivity index (χ3v) is 4.73. The third kappa shape index (κ3) is 5.46. The molecule has 0 amide bonds. The van der Waals surface area contributed by atoms with Crippen LogP contribution in [0, 0.1) is 5.92 Å². The normalized spacial score (nSPS) is 13.3. The topological polar surface area (TPSA) is 12.0 Å². The van der Waals surface area contributed by atoms with E-state index < -0.39 is 0 Å². The summed E-state index contributed by atoms with van der Waals surface area (Å²) in [6.07, 6.45) is 3.78. The lowest BCUT2D eigenvalue weighted by molar-refractivity contribution is 0.455. The van der Waals surface area contributed by atoms with Crippen LogP contribution in [0.3, 0.4) is 0 Å². The molecule has 0 saturated heterocycles. The molecule has 16 heavy (non-hydrogen) atoms. The highest BCUT2D eigenvalue weighted by Crippen LogP contribution is 2.25. The maximum atomic E-state index is 3.59. The molecule has 1 N–H and O–H groups in total. The Kier molecular flexibility index (Phi) is 6.62. The molecule has 1 rings (SSSR count). The van der Waals surface area contributed by atoms with Gasteiger partial charge in [-0.2, -0.15) is 0 Å². The van der Waals surface area contributed by atoms with Gasteiger partial charge in [0.05, 0.1) is 0 Å². The minimum atomic E-state index is 0.610. The number of aryl methyl sites for hydroxylation is 1. The molecule has 0 spiro atoms. The van der Waals surface area contributed by atoms with Crippen LogP contribution in [-0.2, 0) is 6.42 Å². The van der Waals surface area contributed by atoms with Crippen molar-refractivity contribution in [3.05, 3.63) is 20.8 Å². The standard InChI is InChI=1S/C13H22BrNS/c1-10(2)15-8-6-11(3)4-5-13-12(14)7-9-16-13/h7,9-11,15H,4-6,8H2,1-3H3. The van der Waals surface area contributed by atoms with Crippen LogP contribution in [0.4, 0.5) is 0 Å². The summed E-state index contributed by atoms with van der Waals surface area (Å²) in [6, 6.07) is 2.75. The van der Waals surface area contributed by atoms with E-state index in [0.29, 0.717) is 6.04 Å². The van der Waals surface area contributed by atoms with E-state index in [1.807, 2.05) is 11.3 Å². The van der Waals surface area contributed by atoms with E-state index in [1.54, 1.807) is 0 Å². The Hall–Kier alpha value is 0.140. The zero-order valence-electron chi connectivity index (χ0n) is 10.4. The van der Waals surface area contributed by atoms with Gasteiger partial charge in [-0.3, -0.25) is 0 Å². The number of halogens is 1. The molecule has 0 aliphatic heterocycles. The lowest BCUT2D eigenvalue weighted by Crippen LogP contribution is -2.24. The van der Waals surface area contributed by atoms with Gasteiger partial charge in [0.25, 0.3) is 0 Å². The van der Waals surface area contributed by atoms with Gasteiger partial charge in [0.15, 0.2) is 0 Å². The fourth-order valence-corrected chi connectivity index (χ4v) is 3.21. The van der Waals surface area contributed by atoms with E-state index in [1.165, 1.54) is 28.6 Å². The summed E-state index contributed by atoms with van der Waals surface area (Å²) in [5, 5.41) is 5.63. The molecule has 0 saturated carbocycles. The number of hydrogen-bond donors (Lipinski definition) is 1. The predicted octanol–water partition coefficient (Wildman–Crippen LogP) is 4.47. The monoisotopic (exact) mass is 303 g/mol. The van der Waals surface area contributed by atoms with E-state index in [2.05, 4.69) is 53.5 Å². The van der Waals surface area contributed by atoms with Gasteiger partial charge >= 0.3 is 0 Å². The highest BCUT2D eigenvalue weighted by molar-refractivity contribution is 9.10. The van der Waals surface area contributed by atoms with Crippen LogP contribution in [0.2, 0.25) is 0 Å². The molecule has 0 aliphatic rings. The molecule has 0 fully saturated rings. The molecule has 1 atom stereocenters. The Balaban J connectivity index is 2.15. The Bertz CT molecular complexity index is 296. The fourth-order valence-electron chi connectivity index (χ4n) is 1.64. The lowest BCUT2D eigenvalue weighted by atomic mass is 10.0. The van der Waals surface area contributed by atoms with Crippen LogP contribution in [0.15, 0.2) is 15.9 Å². The second-order valence-corrected chi connectivity index (χ2v) is 6.59. The van der Waals surface area contributed by atoms with Gasteiger partial charge in [-0.15, -0.1) is 11.3 Å². The molecular weight excluding hydrogens is 282 g/mol. The number of hydrogen-bond acceptors (Lipinski definition) is 2. The molecule has 1 nitrogen and oxygen atoms in total. The van der Waals surface area contributed by atoms with E-state index in [9.17, 15) is 0 Å². The lowest BCUT2D eigenvalue weighted by Gasteiger charge is -2.13. The fraction of sp³-hybridized carbons (Fsp3) is 0.692. The first-order chi connectivity index (χ1) is 7.59. The first-order valence-electron chi connectivity index (χ1n) is 6.05. The highest BCUT2D eigenvalue weighted by atomic mass is 79.9. The Morgan fingerprint density at radius 2 is 2.06 bits per heavy atom. The van der Waals surface area contributed by atoms with Gasteiger partial charge in [-0.25, -0.2) is 0 Å². The van der Waals surface area contributed by atoms with E-state index in [0.717, 1.165) is 12.5 Å². The van der Waals surface area contributed by atoms with Crippen LogP contribution in [0.25, 0.3) is 0 Å². The smallest absolute Gasteiger partial charge is 0.0314 e. The second kappa shape index (κ2) is 7.46. The number of thiophene rings is 1. The van der Waals surface area contributed by atoms with Gasteiger partial charge in [0, 0.05) is 15.4 Å².